The Kier molecular flexibility index (Phi) is 4.51. The van der Waals surface area contributed by atoms with Gasteiger partial charge in [0.25, 0.3) is 0 Å². The Hall–Kier alpha value is -2.04. The van der Waals surface area contributed by atoms with E-state index in [0.717, 1.165) is 5.56 Å². The molecule has 1 rings (SSSR count). The van der Waals surface area contributed by atoms with Crippen molar-refractivity contribution in [2.75, 3.05) is 19.5 Å². The van der Waals surface area contributed by atoms with Crippen molar-refractivity contribution in [3.05, 3.63) is 29.3 Å². The standard InChI is InChI=1S/C12H15NO4/c1-8-7-9(3-4-10(8)13)12(15)17-6-5-11(14)16-2/h3-4,7H,5-6,13H2,1-2H3. The summed E-state index contributed by atoms with van der Waals surface area (Å²) in [4.78, 5) is 22.4. The average molecular weight is 237 g/mol. The van der Waals surface area contributed by atoms with Crippen LogP contribution in [0.5, 0.6) is 0 Å². The molecule has 5 nitrogen and oxygen atoms in total. The third-order valence-corrected chi connectivity index (χ3v) is 2.27. The Labute approximate surface area is 99.5 Å². The molecule has 0 heterocycles. The van der Waals surface area contributed by atoms with Crippen LogP contribution in [0.3, 0.4) is 0 Å². The van der Waals surface area contributed by atoms with Crippen LogP contribution in [0.4, 0.5) is 5.69 Å². The van der Waals surface area contributed by atoms with Crippen molar-refractivity contribution in [1.29, 1.82) is 0 Å². The van der Waals surface area contributed by atoms with Gasteiger partial charge in [-0.25, -0.2) is 4.79 Å². The molecular weight excluding hydrogens is 222 g/mol. The Bertz CT molecular complexity index is 429. The van der Waals surface area contributed by atoms with Crippen LogP contribution in [0.2, 0.25) is 0 Å². The third kappa shape index (κ3) is 3.79. The van der Waals surface area contributed by atoms with Gasteiger partial charge in [0.05, 0.1) is 19.1 Å². The SMILES string of the molecule is COC(=O)CCOC(=O)c1ccc(N)c(C)c1. The molecule has 0 fully saturated rings. The average Bonchev–Trinajstić information content (AvgIpc) is 2.32. The van der Waals surface area contributed by atoms with Gasteiger partial charge < -0.3 is 15.2 Å². The summed E-state index contributed by atoms with van der Waals surface area (Å²) in [5.41, 5.74) is 7.49. The summed E-state index contributed by atoms with van der Waals surface area (Å²) in [7, 11) is 1.29. The number of carbonyl (C=O) groups is 2. The van der Waals surface area contributed by atoms with Gasteiger partial charge in [0.2, 0.25) is 0 Å². The van der Waals surface area contributed by atoms with Gasteiger partial charge in [0.15, 0.2) is 0 Å². The number of rotatable bonds is 4. The molecule has 0 saturated heterocycles. The van der Waals surface area contributed by atoms with Crippen molar-refractivity contribution in [2.45, 2.75) is 13.3 Å². The van der Waals surface area contributed by atoms with Crippen LogP contribution in [0.25, 0.3) is 0 Å². The quantitative estimate of drug-likeness (QED) is 0.630. The van der Waals surface area contributed by atoms with Crippen molar-refractivity contribution in [2.24, 2.45) is 0 Å². The summed E-state index contributed by atoms with van der Waals surface area (Å²) in [5.74, 6) is -0.886. The number of aryl methyl sites for hydroxylation is 1. The number of methoxy groups -OCH3 is 1. The van der Waals surface area contributed by atoms with Crippen LogP contribution in [-0.2, 0) is 14.3 Å². The Balaban J connectivity index is 2.52. The lowest BCUT2D eigenvalue weighted by molar-refractivity contribution is -0.141. The molecule has 92 valence electrons. The molecule has 5 heteroatoms. The minimum atomic E-state index is -0.475. The topological polar surface area (TPSA) is 78.6 Å². The highest BCUT2D eigenvalue weighted by Gasteiger charge is 2.09. The van der Waals surface area contributed by atoms with E-state index in [9.17, 15) is 9.59 Å². The zero-order valence-electron chi connectivity index (χ0n) is 9.86. The van der Waals surface area contributed by atoms with Gasteiger partial charge in [0, 0.05) is 5.69 Å². The number of hydrogen-bond acceptors (Lipinski definition) is 5. The largest absolute Gasteiger partial charge is 0.469 e. The number of carbonyl (C=O) groups excluding carboxylic acids is 2. The van der Waals surface area contributed by atoms with Gasteiger partial charge in [-0.05, 0) is 30.7 Å². The summed E-state index contributed by atoms with van der Waals surface area (Å²) in [5, 5.41) is 0. The first kappa shape index (κ1) is 13.0. The Morgan fingerprint density at radius 1 is 1.35 bits per heavy atom. The molecular formula is C12H15NO4. The molecule has 2 N–H and O–H groups in total. The zero-order chi connectivity index (χ0) is 12.8. The van der Waals surface area contributed by atoms with E-state index < -0.39 is 11.9 Å². The van der Waals surface area contributed by atoms with Crippen LogP contribution in [0.1, 0.15) is 22.3 Å². The fraction of sp³-hybridized carbons (Fsp3) is 0.333. The predicted octanol–water partition coefficient (Wildman–Crippen LogP) is 1.30. The van der Waals surface area contributed by atoms with Crippen LogP contribution in [-0.4, -0.2) is 25.7 Å². The monoisotopic (exact) mass is 237 g/mol. The number of anilines is 1. The van der Waals surface area contributed by atoms with E-state index in [0.29, 0.717) is 11.3 Å². The highest BCUT2D eigenvalue weighted by atomic mass is 16.5. The van der Waals surface area contributed by atoms with E-state index >= 15 is 0 Å². The molecule has 0 saturated carbocycles. The molecule has 0 unspecified atom stereocenters. The van der Waals surface area contributed by atoms with Gasteiger partial charge in [-0.2, -0.15) is 0 Å². The van der Waals surface area contributed by atoms with Gasteiger partial charge in [-0.15, -0.1) is 0 Å². The molecule has 1 aromatic rings. The van der Waals surface area contributed by atoms with Gasteiger partial charge in [0.1, 0.15) is 6.61 Å². The molecule has 0 aliphatic rings. The van der Waals surface area contributed by atoms with E-state index in [1.54, 1.807) is 25.1 Å². The van der Waals surface area contributed by atoms with Crippen molar-refractivity contribution in [3.8, 4) is 0 Å². The fourth-order valence-corrected chi connectivity index (χ4v) is 1.22. The Morgan fingerprint density at radius 3 is 2.65 bits per heavy atom. The second-order valence-corrected chi connectivity index (χ2v) is 3.53. The second kappa shape index (κ2) is 5.89. The first-order valence-electron chi connectivity index (χ1n) is 5.14. The molecule has 0 amide bonds. The molecule has 0 aliphatic heterocycles. The third-order valence-electron chi connectivity index (χ3n) is 2.27. The van der Waals surface area contributed by atoms with Gasteiger partial charge in [-0.1, -0.05) is 0 Å². The maximum absolute atomic E-state index is 11.6. The zero-order valence-corrected chi connectivity index (χ0v) is 9.86. The van der Waals surface area contributed by atoms with E-state index in [4.69, 9.17) is 10.5 Å². The highest BCUT2D eigenvalue weighted by Crippen LogP contribution is 2.13. The molecule has 0 atom stereocenters. The lowest BCUT2D eigenvalue weighted by atomic mass is 10.1. The molecule has 0 aromatic heterocycles. The lowest BCUT2D eigenvalue weighted by Crippen LogP contribution is -2.11. The number of benzene rings is 1. The molecule has 1 aromatic carbocycles. The maximum atomic E-state index is 11.6. The molecule has 0 bridgehead atoms. The fourth-order valence-electron chi connectivity index (χ4n) is 1.22. The maximum Gasteiger partial charge on any atom is 0.338 e. The first-order chi connectivity index (χ1) is 8.04. The van der Waals surface area contributed by atoms with E-state index in [1.165, 1.54) is 7.11 Å². The molecule has 17 heavy (non-hydrogen) atoms. The number of nitrogen functional groups attached to an aromatic ring is 1. The number of nitrogens with two attached hydrogens (primary N) is 1. The number of ether oxygens (including phenoxy) is 2. The van der Waals surface area contributed by atoms with Crippen LogP contribution < -0.4 is 5.73 Å². The van der Waals surface area contributed by atoms with E-state index in [1.807, 2.05) is 0 Å². The summed E-state index contributed by atoms with van der Waals surface area (Å²) in [6, 6.07) is 4.88. The number of hydrogen-bond donors (Lipinski definition) is 1. The van der Waals surface area contributed by atoms with Crippen molar-refractivity contribution in [1.82, 2.24) is 0 Å². The van der Waals surface area contributed by atoms with Crippen molar-refractivity contribution < 1.29 is 19.1 Å². The summed E-state index contributed by atoms with van der Waals surface area (Å²) in [6.07, 6.45) is 0.0518. The van der Waals surface area contributed by atoms with Crippen molar-refractivity contribution in [3.63, 3.8) is 0 Å². The van der Waals surface area contributed by atoms with Crippen LogP contribution in [0.15, 0.2) is 18.2 Å². The van der Waals surface area contributed by atoms with E-state index in [-0.39, 0.29) is 13.0 Å². The lowest BCUT2D eigenvalue weighted by Gasteiger charge is -2.06. The van der Waals surface area contributed by atoms with Gasteiger partial charge in [-0.3, -0.25) is 4.79 Å². The van der Waals surface area contributed by atoms with E-state index in [2.05, 4.69) is 4.74 Å². The van der Waals surface area contributed by atoms with Crippen molar-refractivity contribution >= 4 is 17.6 Å². The molecule has 0 spiro atoms. The summed E-state index contributed by atoms with van der Waals surface area (Å²) in [6.45, 7) is 1.81. The molecule has 0 radical (unpaired) electrons. The predicted molar refractivity (Wildman–Crippen MR) is 62.5 cm³/mol. The van der Waals surface area contributed by atoms with Gasteiger partial charge >= 0.3 is 11.9 Å². The Morgan fingerprint density at radius 2 is 2.06 bits per heavy atom. The minimum Gasteiger partial charge on any atom is -0.469 e. The highest BCUT2D eigenvalue weighted by molar-refractivity contribution is 5.90. The smallest absolute Gasteiger partial charge is 0.338 e. The van der Waals surface area contributed by atoms with Crippen LogP contribution >= 0.6 is 0 Å². The first-order valence-corrected chi connectivity index (χ1v) is 5.14. The molecule has 0 aliphatic carbocycles. The summed E-state index contributed by atoms with van der Waals surface area (Å²) < 4.78 is 9.34. The summed E-state index contributed by atoms with van der Waals surface area (Å²) >= 11 is 0. The normalized spacial score (nSPS) is 9.76. The number of esters is 2. The minimum absolute atomic E-state index is 0.00886. The second-order valence-electron chi connectivity index (χ2n) is 3.53. The van der Waals surface area contributed by atoms with Crippen LogP contribution in [0, 0.1) is 6.92 Å².